The van der Waals surface area contributed by atoms with Gasteiger partial charge in [0.25, 0.3) is 0 Å². The van der Waals surface area contributed by atoms with E-state index in [1.807, 2.05) is 43.3 Å². The summed E-state index contributed by atoms with van der Waals surface area (Å²) in [6, 6.07) is 16.3. The Morgan fingerprint density at radius 3 is 2.59 bits per heavy atom. The molecule has 3 rings (SSSR count). The highest BCUT2D eigenvalue weighted by Crippen LogP contribution is 2.22. The van der Waals surface area contributed by atoms with Gasteiger partial charge in [0.2, 0.25) is 0 Å². The number of imidazole rings is 1. The van der Waals surface area contributed by atoms with E-state index in [1.165, 1.54) is 5.56 Å². The molecule has 1 heterocycles. The molecular weight excluding hydrogens is 274 g/mol. The van der Waals surface area contributed by atoms with Gasteiger partial charge in [-0.25, -0.2) is 4.98 Å². The Morgan fingerprint density at radius 2 is 1.91 bits per heavy atom. The first-order valence-electron chi connectivity index (χ1n) is 7.66. The number of aromatic amines is 1. The van der Waals surface area contributed by atoms with E-state index in [-0.39, 0.29) is 5.92 Å². The maximum atomic E-state index is 5.97. The van der Waals surface area contributed by atoms with Gasteiger partial charge in [-0.2, -0.15) is 0 Å². The molecule has 22 heavy (non-hydrogen) atoms. The molecule has 1 unspecified atom stereocenters. The summed E-state index contributed by atoms with van der Waals surface area (Å²) in [5, 5.41) is 0. The molecule has 1 aromatic heterocycles. The van der Waals surface area contributed by atoms with Gasteiger partial charge < -0.3 is 15.5 Å². The number of hydrogen-bond donors (Lipinski definition) is 2. The first-order chi connectivity index (χ1) is 10.8. The average Bonchev–Trinajstić information content (AvgIpc) is 2.98. The normalized spacial score (nSPS) is 12.5. The Balaban J connectivity index is 1.78. The predicted molar refractivity (Wildman–Crippen MR) is 89.2 cm³/mol. The van der Waals surface area contributed by atoms with Crippen LogP contribution in [-0.2, 0) is 6.42 Å². The minimum atomic E-state index is 0.186. The maximum absolute atomic E-state index is 5.97. The van der Waals surface area contributed by atoms with Crippen LogP contribution in [0, 0.1) is 0 Å². The molecule has 0 amide bonds. The highest BCUT2D eigenvalue weighted by molar-refractivity contribution is 5.74. The zero-order valence-electron chi connectivity index (χ0n) is 12.8. The number of para-hydroxylation sites is 2. The second-order valence-electron chi connectivity index (χ2n) is 5.35. The maximum Gasteiger partial charge on any atom is 0.119 e. The molecule has 0 bridgehead atoms. The lowest BCUT2D eigenvalue weighted by Gasteiger charge is -2.12. The fourth-order valence-electron chi connectivity index (χ4n) is 2.63. The molecule has 2 aromatic carbocycles. The van der Waals surface area contributed by atoms with Crippen molar-refractivity contribution in [1.29, 1.82) is 0 Å². The highest BCUT2D eigenvalue weighted by Gasteiger charge is 2.15. The number of ether oxygens (including phenoxy) is 1. The van der Waals surface area contributed by atoms with Crippen molar-refractivity contribution in [1.82, 2.24) is 9.97 Å². The SMILES string of the molecule is CCOc1ccc(CC(CN)c2nc3ccccc3[nH]2)cc1. The molecule has 0 aliphatic carbocycles. The van der Waals surface area contributed by atoms with Crippen LogP contribution in [-0.4, -0.2) is 23.1 Å². The van der Waals surface area contributed by atoms with Crippen LogP contribution < -0.4 is 10.5 Å². The molecule has 0 radical (unpaired) electrons. The standard InChI is InChI=1S/C18H21N3O/c1-2-22-15-9-7-13(8-10-15)11-14(12-19)18-20-16-5-3-4-6-17(16)21-18/h3-10,14H,2,11-12,19H2,1H3,(H,20,21). The molecule has 0 aliphatic rings. The predicted octanol–water partition coefficient (Wildman–Crippen LogP) is 3.25. The Bertz CT molecular complexity index is 700. The second-order valence-corrected chi connectivity index (χ2v) is 5.35. The summed E-state index contributed by atoms with van der Waals surface area (Å²) in [5.41, 5.74) is 9.25. The lowest BCUT2D eigenvalue weighted by Crippen LogP contribution is -2.16. The molecule has 0 saturated heterocycles. The van der Waals surface area contributed by atoms with Crippen LogP contribution in [0.3, 0.4) is 0 Å². The van der Waals surface area contributed by atoms with Gasteiger partial charge in [-0.15, -0.1) is 0 Å². The van der Waals surface area contributed by atoms with Crippen molar-refractivity contribution < 1.29 is 4.74 Å². The average molecular weight is 295 g/mol. The third kappa shape index (κ3) is 3.12. The van der Waals surface area contributed by atoms with Crippen molar-refractivity contribution in [2.24, 2.45) is 5.73 Å². The van der Waals surface area contributed by atoms with Gasteiger partial charge in [0.1, 0.15) is 11.6 Å². The fourth-order valence-corrected chi connectivity index (χ4v) is 2.63. The van der Waals surface area contributed by atoms with Crippen molar-refractivity contribution in [2.45, 2.75) is 19.3 Å². The fraction of sp³-hybridized carbons (Fsp3) is 0.278. The summed E-state index contributed by atoms with van der Waals surface area (Å²) in [6.07, 6.45) is 0.864. The van der Waals surface area contributed by atoms with Gasteiger partial charge >= 0.3 is 0 Å². The van der Waals surface area contributed by atoms with Gasteiger partial charge in [0.05, 0.1) is 17.6 Å². The highest BCUT2D eigenvalue weighted by atomic mass is 16.5. The summed E-state index contributed by atoms with van der Waals surface area (Å²) >= 11 is 0. The van der Waals surface area contributed by atoms with Crippen LogP contribution in [0.5, 0.6) is 5.75 Å². The molecule has 0 spiro atoms. The molecule has 0 fully saturated rings. The minimum Gasteiger partial charge on any atom is -0.494 e. The largest absolute Gasteiger partial charge is 0.494 e. The Kier molecular flexibility index (Phi) is 4.39. The topological polar surface area (TPSA) is 63.9 Å². The first-order valence-corrected chi connectivity index (χ1v) is 7.66. The Hall–Kier alpha value is -2.33. The van der Waals surface area contributed by atoms with Crippen molar-refractivity contribution in [3.63, 3.8) is 0 Å². The van der Waals surface area contributed by atoms with Crippen LogP contribution in [0.2, 0.25) is 0 Å². The lowest BCUT2D eigenvalue weighted by atomic mass is 9.99. The van der Waals surface area contributed by atoms with E-state index < -0.39 is 0 Å². The van der Waals surface area contributed by atoms with Gasteiger partial charge in [0.15, 0.2) is 0 Å². The number of H-pyrrole nitrogens is 1. The Morgan fingerprint density at radius 1 is 1.14 bits per heavy atom. The third-order valence-corrected chi connectivity index (χ3v) is 3.80. The third-order valence-electron chi connectivity index (χ3n) is 3.80. The smallest absolute Gasteiger partial charge is 0.119 e. The van der Waals surface area contributed by atoms with E-state index >= 15 is 0 Å². The zero-order valence-corrected chi connectivity index (χ0v) is 12.8. The van der Waals surface area contributed by atoms with Crippen LogP contribution >= 0.6 is 0 Å². The summed E-state index contributed by atoms with van der Waals surface area (Å²) in [5.74, 6) is 2.04. The first kappa shape index (κ1) is 14.6. The number of nitrogens with one attached hydrogen (secondary N) is 1. The van der Waals surface area contributed by atoms with Gasteiger partial charge in [0, 0.05) is 12.5 Å². The van der Waals surface area contributed by atoms with E-state index in [2.05, 4.69) is 22.1 Å². The van der Waals surface area contributed by atoms with Gasteiger partial charge in [-0.1, -0.05) is 24.3 Å². The number of benzene rings is 2. The number of aromatic nitrogens is 2. The van der Waals surface area contributed by atoms with Crippen LogP contribution in [0.15, 0.2) is 48.5 Å². The van der Waals surface area contributed by atoms with E-state index in [9.17, 15) is 0 Å². The zero-order chi connectivity index (χ0) is 15.4. The monoisotopic (exact) mass is 295 g/mol. The van der Waals surface area contributed by atoms with Crippen LogP contribution in [0.25, 0.3) is 11.0 Å². The van der Waals surface area contributed by atoms with E-state index in [4.69, 9.17) is 10.5 Å². The molecule has 3 N–H and O–H groups in total. The molecule has 114 valence electrons. The van der Waals surface area contributed by atoms with Crippen molar-refractivity contribution in [3.8, 4) is 5.75 Å². The number of rotatable bonds is 6. The van der Waals surface area contributed by atoms with Crippen LogP contribution in [0.1, 0.15) is 24.2 Å². The number of nitrogens with zero attached hydrogens (tertiary/aromatic N) is 1. The molecule has 4 nitrogen and oxygen atoms in total. The van der Waals surface area contributed by atoms with E-state index in [1.54, 1.807) is 0 Å². The van der Waals surface area contributed by atoms with Crippen LogP contribution in [0.4, 0.5) is 0 Å². The van der Waals surface area contributed by atoms with E-state index in [0.29, 0.717) is 13.2 Å². The lowest BCUT2D eigenvalue weighted by molar-refractivity contribution is 0.340. The minimum absolute atomic E-state index is 0.186. The summed E-state index contributed by atoms with van der Waals surface area (Å²) in [4.78, 5) is 8.05. The molecule has 3 aromatic rings. The second kappa shape index (κ2) is 6.62. The number of nitrogens with two attached hydrogens (primary N) is 1. The molecule has 0 aliphatic heterocycles. The molecular formula is C18H21N3O. The molecule has 1 atom stereocenters. The van der Waals surface area contributed by atoms with Crippen molar-refractivity contribution >= 4 is 11.0 Å². The number of fused-ring (bicyclic) bond motifs is 1. The number of hydrogen-bond acceptors (Lipinski definition) is 3. The summed E-state index contributed by atoms with van der Waals surface area (Å²) < 4.78 is 5.47. The van der Waals surface area contributed by atoms with E-state index in [0.717, 1.165) is 29.0 Å². The van der Waals surface area contributed by atoms with Crippen molar-refractivity contribution in [2.75, 3.05) is 13.2 Å². The summed E-state index contributed by atoms with van der Waals surface area (Å²) in [7, 11) is 0. The molecule has 0 saturated carbocycles. The van der Waals surface area contributed by atoms with Gasteiger partial charge in [-0.3, -0.25) is 0 Å². The van der Waals surface area contributed by atoms with Crippen molar-refractivity contribution in [3.05, 3.63) is 59.9 Å². The molecule has 4 heteroatoms. The van der Waals surface area contributed by atoms with Gasteiger partial charge in [-0.05, 0) is 43.2 Å². The quantitative estimate of drug-likeness (QED) is 0.733. The Labute approximate surface area is 130 Å². The summed E-state index contributed by atoms with van der Waals surface area (Å²) in [6.45, 7) is 3.23.